The molecule has 0 spiro atoms. The Morgan fingerprint density at radius 3 is 2.69 bits per heavy atom. The van der Waals surface area contributed by atoms with Gasteiger partial charge in [0, 0.05) is 29.2 Å². The Balaban J connectivity index is 0.00000420. The topological polar surface area (TPSA) is 67.8 Å². The van der Waals surface area contributed by atoms with E-state index in [9.17, 15) is 8.78 Å². The molecule has 162 valence electrons. The molecule has 0 unspecified atom stereocenters. The first-order chi connectivity index (χ1) is 13.5. The average Bonchev–Trinajstić information content (AvgIpc) is 3.08. The molecule has 29 heavy (non-hydrogen) atoms. The van der Waals surface area contributed by atoms with Crippen molar-refractivity contribution in [2.75, 3.05) is 13.2 Å². The number of alkyl halides is 2. The van der Waals surface area contributed by atoms with Crippen LogP contribution in [0.4, 0.5) is 8.78 Å². The SMILES string of the molecule is CCCOc1ccc(CN=C(NCC)NCc2ncc(C)s2)c(OC(F)F)c1.I. The number of aryl methyl sites for hydroxylation is 1. The van der Waals surface area contributed by atoms with Gasteiger partial charge in [-0.05, 0) is 32.4 Å². The van der Waals surface area contributed by atoms with E-state index in [0.717, 1.165) is 16.3 Å². The molecule has 6 nitrogen and oxygen atoms in total. The molecule has 0 aliphatic carbocycles. The van der Waals surface area contributed by atoms with E-state index in [2.05, 4.69) is 25.3 Å². The maximum atomic E-state index is 12.8. The van der Waals surface area contributed by atoms with Crippen molar-refractivity contribution in [2.24, 2.45) is 4.99 Å². The van der Waals surface area contributed by atoms with Crippen molar-refractivity contribution in [1.82, 2.24) is 15.6 Å². The first-order valence-electron chi connectivity index (χ1n) is 9.15. The predicted octanol–water partition coefficient (Wildman–Crippen LogP) is 4.72. The van der Waals surface area contributed by atoms with Crippen molar-refractivity contribution < 1.29 is 18.3 Å². The van der Waals surface area contributed by atoms with E-state index in [1.165, 1.54) is 6.07 Å². The number of ether oxygens (including phenoxy) is 2. The lowest BCUT2D eigenvalue weighted by Crippen LogP contribution is -2.36. The van der Waals surface area contributed by atoms with Crippen molar-refractivity contribution in [3.05, 3.63) is 39.8 Å². The van der Waals surface area contributed by atoms with Crippen LogP contribution in [0.3, 0.4) is 0 Å². The minimum Gasteiger partial charge on any atom is -0.493 e. The van der Waals surface area contributed by atoms with Crippen LogP contribution in [-0.2, 0) is 13.1 Å². The molecule has 1 aromatic carbocycles. The summed E-state index contributed by atoms with van der Waals surface area (Å²) in [5, 5.41) is 7.27. The van der Waals surface area contributed by atoms with E-state index in [0.29, 0.717) is 37.0 Å². The van der Waals surface area contributed by atoms with Gasteiger partial charge in [0.1, 0.15) is 16.5 Å². The highest BCUT2D eigenvalue weighted by Gasteiger charge is 2.12. The maximum absolute atomic E-state index is 12.8. The molecule has 0 bridgehead atoms. The third-order valence-electron chi connectivity index (χ3n) is 3.56. The molecule has 0 aliphatic heterocycles. The summed E-state index contributed by atoms with van der Waals surface area (Å²) in [5.74, 6) is 1.14. The smallest absolute Gasteiger partial charge is 0.387 e. The van der Waals surface area contributed by atoms with Gasteiger partial charge in [-0.25, -0.2) is 9.98 Å². The summed E-state index contributed by atoms with van der Waals surface area (Å²) in [6, 6.07) is 4.91. The van der Waals surface area contributed by atoms with Gasteiger partial charge in [0.05, 0.1) is 19.7 Å². The number of hydrogen-bond acceptors (Lipinski definition) is 5. The monoisotopic (exact) mass is 540 g/mol. The van der Waals surface area contributed by atoms with Crippen molar-refractivity contribution in [1.29, 1.82) is 0 Å². The lowest BCUT2D eigenvalue weighted by molar-refractivity contribution is -0.0505. The van der Waals surface area contributed by atoms with Crippen molar-refractivity contribution in [2.45, 2.75) is 46.9 Å². The number of nitrogens with zero attached hydrogens (tertiary/aromatic N) is 2. The van der Waals surface area contributed by atoms with Gasteiger partial charge in [-0.15, -0.1) is 35.3 Å². The van der Waals surface area contributed by atoms with Crippen molar-refractivity contribution in [3.63, 3.8) is 0 Å². The second kappa shape index (κ2) is 13.5. The Morgan fingerprint density at radius 2 is 2.07 bits per heavy atom. The zero-order chi connectivity index (χ0) is 20.4. The fourth-order valence-corrected chi connectivity index (χ4v) is 3.06. The van der Waals surface area contributed by atoms with Gasteiger partial charge >= 0.3 is 6.61 Å². The lowest BCUT2D eigenvalue weighted by atomic mass is 10.2. The largest absolute Gasteiger partial charge is 0.493 e. The molecule has 0 fully saturated rings. The first-order valence-corrected chi connectivity index (χ1v) is 9.97. The van der Waals surface area contributed by atoms with Gasteiger partial charge in [-0.1, -0.05) is 6.92 Å². The van der Waals surface area contributed by atoms with E-state index in [1.54, 1.807) is 23.5 Å². The van der Waals surface area contributed by atoms with Gasteiger partial charge in [0.15, 0.2) is 5.96 Å². The molecule has 0 saturated heterocycles. The molecule has 1 aromatic heterocycles. The van der Waals surface area contributed by atoms with Gasteiger partial charge < -0.3 is 20.1 Å². The number of benzene rings is 1. The molecular weight excluding hydrogens is 513 g/mol. The van der Waals surface area contributed by atoms with Crippen LogP contribution in [-0.4, -0.2) is 30.7 Å². The zero-order valence-corrected chi connectivity index (χ0v) is 19.9. The Labute approximate surface area is 191 Å². The number of halogens is 3. The Kier molecular flexibility index (Phi) is 11.8. The van der Waals surface area contributed by atoms with E-state index in [4.69, 9.17) is 4.74 Å². The lowest BCUT2D eigenvalue weighted by Gasteiger charge is -2.13. The van der Waals surface area contributed by atoms with Crippen LogP contribution in [0.15, 0.2) is 29.4 Å². The van der Waals surface area contributed by atoms with Crippen LogP contribution in [0.5, 0.6) is 11.5 Å². The second-order valence-electron chi connectivity index (χ2n) is 5.91. The van der Waals surface area contributed by atoms with Crippen LogP contribution in [0.1, 0.15) is 35.7 Å². The molecule has 0 atom stereocenters. The van der Waals surface area contributed by atoms with Crippen LogP contribution in [0.25, 0.3) is 0 Å². The summed E-state index contributed by atoms with van der Waals surface area (Å²) in [5.41, 5.74) is 0.548. The molecule has 10 heteroatoms. The van der Waals surface area contributed by atoms with Crippen molar-refractivity contribution in [3.8, 4) is 11.5 Å². The van der Waals surface area contributed by atoms with Gasteiger partial charge in [0.2, 0.25) is 0 Å². The van der Waals surface area contributed by atoms with Gasteiger partial charge in [-0.2, -0.15) is 8.78 Å². The number of nitrogens with one attached hydrogen (secondary N) is 2. The van der Waals surface area contributed by atoms with Crippen LogP contribution >= 0.6 is 35.3 Å². The summed E-state index contributed by atoms with van der Waals surface area (Å²) in [7, 11) is 0. The minimum absolute atomic E-state index is 0. The predicted molar refractivity (Wildman–Crippen MR) is 123 cm³/mol. The molecule has 2 aromatic rings. The third-order valence-corrected chi connectivity index (χ3v) is 4.47. The van der Waals surface area contributed by atoms with Gasteiger partial charge in [0.25, 0.3) is 0 Å². The molecule has 0 amide bonds. The number of aliphatic imine (C=N–C) groups is 1. The zero-order valence-electron chi connectivity index (χ0n) is 16.7. The van der Waals surface area contributed by atoms with Crippen LogP contribution < -0.4 is 20.1 Å². The quantitative estimate of drug-likeness (QED) is 0.260. The summed E-state index contributed by atoms with van der Waals surface area (Å²) in [4.78, 5) is 9.91. The summed E-state index contributed by atoms with van der Waals surface area (Å²) < 4.78 is 35.7. The number of hydrogen-bond donors (Lipinski definition) is 2. The molecule has 2 N–H and O–H groups in total. The molecule has 0 saturated carbocycles. The van der Waals surface area contributed by atoms with Gasteiger partial charge in [-0.3, -0.25) is 0 Å². The average molecular weight is 540 g/mol. The summed E-state index contributed by atoms with van der Waals surface area (Å²) in [6.07, 6.45) is 2.65. The fourth-order valence-electron chi connectivity index (χ4n) is 2.33. The molecular formula is C19H27F2IN4O2S. The highest BCUT2D eigenvalue weighted by atomic mass is 127. The molecule has 0 radical (unpaired) electrons. The highest BCUT2D eigenvalue weighted by Crippen LogP contribution is 2.27. The Bertz CT molecular complexity index is 774. The van der Waals surface area contributed by atoms with Crippen LogP contribution in [0.2, 0.25) is 0 Å². The molecule has 1 heterocycles. The number of thiazole rings is 1. The maximum Gasteiger partial charge on any atom is 0.387 e. The molecule has 0 aliphatic rings. The summed E-state index contributed by atoms with van der Waals surface area (Å²) in [6.45, 7) is 4.92. The number of guanidine groups is 1. The summed E-state index contributed by atoms with van der Waals surface area (Å²) >= 11 is 1.61. The van der Waals surface area contributed by atoms with E-state index >= 15 is 0 Å². The standard InChI is InChI=1S/C19H26F2N4O2S.HI/c1-4-8-26-15-7-6-14(16(9-15)27-18(20)21)11-24-19(22-5-2)25-12-17-23-10-13(3)28-17;/h6-7,9-10,18H,4-5,8,11-12H2,1-3H3,(H2,22,24,25);1H. The number of rotatable bonds is 10. The molecule has 2 rings (SSSR count). The van der Waals surface area contributed by atoms with E-state index in [1.807, 2.05) is 27.0 Å². The highest BCUT2D eigenvalue weighted by molar-refractivity contribution is 14.0. The minimum atomic E-state index is -2.91. The number of aromatic nitrogens is 1. The van der Waals surface area contributed by atoms with E-state index in [-0.39, 0.29) is 36.3 Å². The van der Waals surface area contributed by atoms with E-state index < -0.39 is 6.61 Å². The second-order valence-corrected chi connectivity index (χ2v) is 7.23. The Morgan fingerprint density at radius 1 is 1.28 bits per heavy atom. The first kappa shape index (κ1) is 25.3. The normalized spacial score (nSPS) is 11.2. The third kappa shape index (κ3) is 9.11. The van der Waals surface area contributed by atoms with Crippen LogP contribution in [0, 0.1) is 6.92 Å². The van der Waals surface area contributed by atoms with Crippen molar-refractivity contribution >= 4 is 41.3 Å². The fraction of sp³-hybridized carbons (Fsp3) is 0.474. The Hall–Kier alpha value is -1.69.